The maximum Gasteiger partial charge on any atom is 0.187 e. The lowest BCUT2D eigenvalue weighted by molar-refractivity contribution is 0.318. The van der Waals surface area contributed by atoms with Crippen LogP contribution in [0, 0.1) is 6.92 Å². The van der Waals surface area contributed by atoms with Crippen LogP contribution in [0.2, 0.25) is 5.02 Å². The van der Waals surface area contributed by atoms with Gasteiger partial charge in [0, 0.05) is 28.7 Å². The molecule has 1 aromatic heterocycles. The number of thioether (sulfide) groups is 1. The maximum atomic E-state index is 8.62. The Bertz CT molecular complexity index is 631. The molecule has 0 fully saturated rings. The van der Waals surface area contributed by atoms with Crippen molar-refractivity contribution in [1.29, 1.82) is 0 Å². The number of nitrogens with zero attached hydrogens (tertiary/aromatic N) is 3. The number of nitrogens with two attached hydrogens (primary N) is 1. The molecule has 0 bridgehead atoms. The molecule has 7 heteroatoms. The van der Waals surface area contributed by atoms with Crippen molar-refractivity contribution >= 4 is 29.2 Å². The topological polar surface area (TPSA) is 84.4 Å². The highest BCUT2D eigenvalue weighted by Gasteiger charge is 2.06. The Balaban J connectivity index is 2.08. The van der Waals surface area contributed by atoms with Gasteiger partial charge < -0.3 is 10.9 Å². The van der Waals surface area contributed by atoms with Crippen molar-refractivity contribution in [2.75, 3.05) is 0 Å². The Hall–Kier alpha value is -1.79. The molecule has 0 atom stereocenters. The third kappa shape index (κ3) is 3.61. The number of amidine groups is 1. The van der Waals surface area contributed by atoms with Gasteiger partial charge in [-0.2, -0.15) is 0 Å². The molecular formula is C13H13ClN4OS. The second kappa shape index (κ2) is 6.58. The molecule has 0 aliphatic heterocycles. The van der Waals surface area contributed by atoms with Gasteiger partial charge in [-0.3, -0.25) is 0 Å². The average Bonchev–Trinajstić information content (AvgIpc) is 2.46. The summed E-state index contributed by atoms with van der Waals surface area (Å²) in [5.74, 6) is 0.686. The molecule has 20 heavy (non-hydrogen) atoms. The minimum atomic E-state index is 0.0352. The summed E-state index contributed by atoms with van der Waals surface area (Å²) in [7, 11) is 0. The number of aryl methyl sites for hydroxylation is 1. The monoisotopic (exact) mass is 308 g/mol. The Kier molecular flexibility index (Phi) is 4.81. The van der Waals surface area contributed by atoms with Crippen LogP contribution >= 0.6 is 23.4 Å². The van der Waals surface area contributed by atoms with E-state index < -0.39 is 0 Å². The van der Waals surface area contributed by atoms with E-state index in [4.69, 9.17) is 22.5 Å². The Morgan fingerprint density at radius 1 is 1.40 bits per heavy atom. The zero-order chi connectivity index (χ0) is 14.5. The molecule has 0 aliphatic rings. The Morgan fingerprint density at radius 3 is 2.70 bits per heavy atom. The van der Waals surface area contributed by atoms with Crippen LogP contribution in [0.5, 0.6) is 0 Å². The molecule has 3 N–H and O–H groups in total. The van der Waals surface area contributed by atoms with Crippen molar-refractivity contribution in [3.8, 4) is 0 Å². The molecule has 2 rings (SSSR count). The number of halogens is 1. The zero-order valence-electron chi connectivity index (χ0n) is 10.7. The lowest BCUT2D eigenvalue weighted by Gasteiger charge is -2.06. The van der Waals surface area contributed by atoms with Gasteiger partial charge in [0.15, 0.2) is 11.0 Å². The summed E-state index contributed by atoms with van der Waals surface area (Å²) in [6.07, 6.45) is 3.55. The molecule has 2 aromatic rings. The third-order valence-corrected chi connectivity index (χ3v) is 3.85. The van der Waals surface area contributed by atoms with Crippen LogP contribution in [0.3, 0.4) is 0 Å². The third-order valence-electron chi connectivity index (χ3n) is 2.57. The van der Waals surface area contributed by atoms with Gasteiger partial charge in [-0.15, -0.1) is 0 Å². The first-order chi connectivity index (χ1) is 9.60. The van der Waals surface area contributed by atoms with Gasteiger partial charge in [-0.25, -0.2) is 9.97 Å². The Labute approximate surface area is 125 Å². The first-order valence-corrected chi connectivity index (χ1v) is 7.14. The molecule has 0 amide bonds. The van der Waals surface area contributed by atoms with Crippen molar-refractivity contribution in [3.05, 3.63) is 52.3 Å². The molecule has 0 spiro atoms. The number of rotatable bonds is 4. The standard InChI is InChI=1S/C13H13ClN4OS/c1-8-5-16-13(17-6-8)20-7-10-3-2-9(4-11(10)14)12(15)18-19/h2-6,19H,7H2,1H3,(H2,15,18). The molecule has 0 radical (unpaired) electrons. The van der Waals surface area contributed by atoms with E-state index in [1.807, 2.05) is 13.0 Å². The van der Waals surface area contributed by atoms with Gasteiger partial charge in [-0.05, 0) is 24.1 Å². The number of benzene rings is 1. The predicted molar refractivity (Wildman–Crippen MR) is 80.3 cm³/mol. The second-order valence-corrected chi connectivity index (χ2v) is 5.47. The van der Waals surface area contributed by atoms with Gasteiger partial charge >= 0.3 is 0 Å². The highest BCUT2D eigenvalue weighted by Crippen LogP contribution is 2.25. The first kappa shape index (κ1) is 14.6. The van der Waals surface area contributed by atoms with E-state index in [1.165, 1.54) is 11.8 Å². The van der Waals surface area contributed by atoms with E-state index in [9.17, 15) is 0 Å². The predicted octanol–water partition coefficient (Wildman–Crippen LogP) is 2.83. The lowest BCUT2D eigenvalue weighted by Crippen LogP contribution is -2.12. The van der Waals surface area contributed by atoms with E-state index in [1.54, 1.807) is 24.5 Å². The SMILES string of the molecule is Cc1cnc(SCc2ccc(/C(N)=N/O)cc2Cl)nc1. The van der Waals surface area contributed by atoms with Gasteiger partial charge in [0.05, 0.1) is 0 Å². The van der Waals surface area contributed by atoms with Crippen molar-refractivity contribution in [2.24, 2.45) is 10.9 Å². The summed E-state index contributed by atoms with van der Waals surface area (Å²) in [4.78, 5) is 8.44. The summed E-state index contributed by atoms with van der Waals surface area (Å²) in [6.45, 7) is 1.94. The molecule has 0 saturated heterocycles. The molecular weight excluding hydrogens is 296 g/mol. The maximum absolute atomic E-state index is 8.62. The quantitative estimate of drug-likeness (QED) is 0.226. The minimum Gasteiger partial charge on any atom is -0.409 e. The van der Waals surface area contributed by atoms with Crippen LogP contribution < -0.4 is 5.73 Å². The minimum absolute atomic E-state index is 0.0352. The lowest BCUT2D eigenvalue weighted by atomic mass is 10.1. The van der Waals surface area contributed by atoms with E-state index >= 15 is 0 Å². The smallest absolute Gasteiger partial charge is 0.187 e. The van der Waals surface area contributed by atoms with E-state index in [0.29, 0.717) is 21.5 Å². The van der Waals surface area contributed by atoms with Gasteiger partial charge in [0.2, 0.25) is 0 Å². The summed E-state index contributed by atoms with van der Waals surface area (Å²) >= 11 is 7.67. The highest BCUT2D eigenvalue weighted by molar-refractivity contribution is 7.98. The number of hydrogen-bond donors (Lipinski definition) is 2. The average molecular weight is 309 g/mol. The van der Waals surface area contributed by atoms with Gasteiger partial charge in [0.25, 0.3) is 0 Å². The van der Waals surface area contributed by atoms with Crippen LogP contribution in [-0.2, 0) is 5.75 Å². The normalized spacial score (nSPS) is 11.6. The summed E-state index contributed by atoms with van der Waals surface area (Å²) in [5.41, 5.74) is 8.05. The molecule has 0 saturated carbocycles. The molecule has 1 heterocycles. The van der Waals surface area contributed by atoms with E-state index in [-0.39, 0.29) is 5.84 Å². The molecule has 104 valence electrons. The highest BCUT2D eigenvalue weighted by atomic mass is 35.5. The van der Waals surface area contributed by atoms with Crippen molar-refractivity contribution in [3.63, 3.8) is 0 Å². The van der Waals surface area contributed by atoms with Gasteiger partial charge in [-0.1, -0.05) is 40.7 Å². The fourth-order valence-corrected chi connectivity index (χ4v) is 2.60. The van der Waals surface area contributed by atoms with Crippen LogP contribution in [0.25, 0.3) is 0 Å². The second-order valence-electron chi connectivity index (χ2n) is 4.12. The molecule has 5 nitrogen and oxygen atoms in total. The van der Waals surface area contributed by atoms with Gasteiger partial charge in [0.1, 0.15) is 0 Å². The molecule has 1 aromatic carbocycles. The summed E-state index contributed by atoms with van der Waals surface area (Å²) in [5, 5.41) is 12.8. The number of aromatic nitrogens is 2. The van der Waals surface area contributed by atoms with Crippen molar-refractivity contribution in [1.82, 2.24) is 9.97 Å². The fourth-order valence-electron chi connectivity index (χ4n) is 1.48. The Morgan fingerprint density at radius 2 is 2.10 bits per heavy atom. The zero-order valence-corrected chi connectivity index (χ0v) is 12.3. The molecule has 0 aliphatic carbocycles. The summed E-state index contributed by atoms with van der Waals surface area (Å²) in [6, 6.07) is 5.27. The summed E-state index contributed by atoms with van der Waals surface area (Å²) < 4.78 is 0. The van der Waals surface area contributed by atoms with E-state index in [2.05, 4.69) is 15.1 Å². The fraction of sp³-hybridized carbons (Fsp3) is 0.154. The number of oxime groups is 1. The van der Waals surface area contributed by atoms with Crippen molar-refractivity contribution in [2.45, 2.75) is 17.8 Å². The first-order valence-electron chi connectivity index (χ1n) is 5.78. The van der Waals surface area contributed by atoms with Crippen molar-refractivity contribution < 1.29 is 5.21 Å². The van der Waals surface area contributed by atoms with Crippen LogP contribution in [-0.4, -0.2) is 21.0 Å². The van der Waals surface area contributed by atoms with E-state index in [0.717, 1.165) is 11.1 Å². The largest absolute Gasteiger partial charge is 0.409 e. The van der Waals surface area contributed by atoms with Crippen LogP contribution in [0.15, 0.2) is 40.9 Å². The van der Waals surface area contributed by atoms with Crippen LogP contribution in [0.4, 0.5) is 0 Å². The van der Waals surface area contributed by atoms with Crippen LogP contribution in [0.1, 0.15) is 16.7 Å². The number of hydrogen-bond acceptors (Lipinski definition) is 5. The molecule has 0 unspecified atom stereocenters.